The molecular weight excluding hydrogens is 223 g/mol. The second-order valence-electron chi connectivity index (χ2n) is 3.03. The molecule has 7 heteroatoms. The van der Waals surface area contributed by atoms with Crippen LogP contribution in [-0.2, 0) is 6.54 Å². The molecule has 0 saturated carbocycles. The number of halogens is 3. The molecule has 0 spiro atoms. The van der Waals surface area contributed by atoms with Gasteiger partial charge in [0.25, 0.3) is 0 Å². The van der Waals surface area contributed by atoms with Crippen LogP contribution in [0.5, 0.6) is 5.88 Å². The van der Waals surface area contributed by atoms with Gasteiger partial charge >= 0.3 is 6.18 Å². The summed E-state index contributed by atoms with van der Waals surface area (Å²) in [5.41, 5.74) is 0.543. The van der Waals surface area contributed by atoms with Crippen LogP contribution in [0.3, 0.4) is 0 Å². The van der Waals surface area contributed by atoms with E-state index in [-0.39, 0.29) is 5.88 Å². The van der Waals surface area contributed by atoms with Gasteiger partial charge in [0.15, 0.2) is 6.61 Å². The first kappa shape index (κ1) is 12.7. The third-order valence-electron chi connectivity index (χ3n) is 1.60. The average molecular weight is 235 g/mol. The summed E-state index contributed by atoms with van der Waals surface area (Å²) in [6.07, 6.45) is -1.73. The first-order chi connectivity index (χ1) is 7.51. The SMILES string of the molecule is CCNCc1cncc(OCC(F)(F)F)n1. The van der Waals surface area contributed by atoms with Gasteiger partial charge in [-0.3, -0.25) is 4.98 Å². The van der Waals surface area contributed by atoms with Crippen molar-refractivity contribution in [2.75, 3.05) is 13.2 Å². The van der Waals surface area contributed by atoms with Crippen LogP contribution < -0.4 is 10.1 Å². The highest BCUT2D eigenvalue weighted by Gasteiger charge is 2.28. The molecule has 1 aromatic rings. The van der Waals surface area contributed by atoms with E-state index in [2.05, 4.69) is 20.0 Å². The number of rotatable bonds is 5. The lowest BCUT2D eigenvalue weighted by molar-refractivity contribution is -0.154. The highest BCUT2D eigenvalue weighted by atomic mass is 19.4. The Morgan fingerprint density at radius 1 is 1.38 bits per heavy atom. The summed E-state index contributed by atoms with van der Waals surface area (Å²) in [5, 5.41) is 2.98. The summed E-state index contributed by atoms with van der Waals surface area (Å²) in [4.78, 5) is 7.61. The van der Waals surface area contributed by atoms with E-state index in [1.807, 2.05) is 6.92 Å². The Labute approximate surface area is 90.9 Å². The summed E-state index contributed by atoms with van der Waals surface area (Å²) in [5.74, 6) is -0.118. The van der Waals surface area contributed by atoms with Gasteiger partial charge < -0.3 is 10.1 Å². The van der Waals surface area contributed by atoms with Gasteiger partial charge in [-0.15, -0.1) is 0 Å². The van der Waals surface area contributed by atoms with Gasteiger partial charge in [-0.1, -0.05) is 6.92 Å². The van der Waals surface area contributed by atoms with Gasteiger partial charge in [0.2, 0.25) is 5.88 Å². The molecular formula is C9H12F3N3O. The Balaban J connectivity index is 2.53. The Bertz CT molecular complexity index is 330. The monoisotopic (exact) mass is 235 g/mol. The second kappa shape index (κ2) is 5.64. The van der Waals surface area contributed by atoms with Crippen molar-refractivity contribution < 1.29 is 17.9 Å². The minimum absolute atomic E-state index is 0.118. The van der Waals surface area contributed by atoms with Crippen LogP contribution in [0.2, 0.25) is 0 Å². The van der Waals surface area contributed by atoms with E-state index >= 15 is 0 Å². The summed E-state index contributed by atoms with van der Waals surface area (Å²) in [7, 11) is 0. The number of nitrogens with zero attached hydrogens (tertiary/aromatic N) is 2. The predicted molar refractivity (Wildman–Crippen MR) is 51.0 cm³/mol. The van der Waals surface area contributed by atoms with E-state index in [9.17, 15) is 13.2 Å². The standard InChI is InChI=1S/C9H12F3N3O/c1-2-13-3-7-4-14-5-8(15-7)16-6-9(10,11)12/h4-5,13H,2-3,6H2,1H3. The van der Waals surface area contributed by atoms with Gasteiger partial charge in [-0.2, -0.15) is 13.2 Å². The number of hydrogen-bond donors (Lipinski definition) is 1. The van der Waals surface area contributed by atoms with E-state index in [4.69, 9.17) is 0 Å². The molecule has 90 valence electrons. The van der Waals surface area contributed by atoms with E-state index in [1.165, 1.54) is 6.20 Å². The van der Waals surface area contributed by atoms with E-state index in [0.717, 1.165) is 12.7 Å². The minimum Gasteiger partial charge on any atom is -0.467 e. The lowest BCUT2D eigenvalue weighted by atomic mass is 10.4. The molecule has 0 fully saturated rings. The van der Waals surface area contributed by atoms with Crippen molar-refractivity contribution in [1.29, 1.82) is 0 Å². The van der Waals surface area contributed by atoms with Crippen molar-refractivity contribution in [3.05, 3.63) is 18.1 Å². The zero-order chi connectivity index (χ0) is 12.0. The summed E-state index contributed by atoms with van der Waals surface area (Å²) in [6.45, 7) is 1.76. The summed E-state index contributed by atoms with van der Waals surface area (Å²) < 4.78 is 40.0. The molecule has 4 nitrogen and oxygen atoms in total. The topological polar surface area (TPSA) is 47.0 Å². The third-order valence-corrected chi connectivity index (χ3v) is 1.60. The van der Waals surface area contributed by atoms with Gasteiger partial charge in [-0.05, 0) is 6.54 Å². The largest absolute Gasteiger partial charge is 0.467 e. The van der Waals surface area contributed by atoms with Crippen molar-refractivity contribution in [2.24, 2.45) is 0 Å². The van der Waals surface area contributed by atoms with Crippen LogP contribution in [0.1, 0.15) is 12.6 Å². The molecule has 0 aliphatic carbocycles. The molecule has 0 radical (unpaired) electrons. The Morgan fingerprint density at radius 2 is 2.12 bits per heavy atom. The first-order valence-corrected chi connectivity index (χ1v) is 4.72. The molecule has 16 heavy (non-hydrogen) atoms. The molecule has 1 heterocycles. The molecule has 1 N–H and O–H groups in total. The van der Waals surface area contributed by atoms with Crippen LogP contribution in [0, 0.1) is 0 Å². The minimum atomic E-state index is -4.36. The average Bonchev–Trinajstić information content (AvgIpc) is 2.23. The molecule has 0 bridgehead atoms. The third kappa shape index (κ3) is 4.92. The lowest BCUT2D eigenvalue weighted by Crippen LogP contribution is -2.20. The fourth-order valence-electron chi connectivity index (χ4n) is 0.950. The molecule has 1 rings (SSSR count). The van der Waals surface area contributed by atoms with Crippen molar-refractivity contribution in [1.82, 2.24) is 15.3 Å². The fourth-order valence-corrected chi connectivity index (χ4v) is 0.950. The molecule has 0 amide bonds. The highest BCUT2D eigenvalue weighted by Crippen LogP contribution is 2.16. The zero-order valence-corrected chi connectivity index (χ0v) is 8.71. The summed E-state index contributed by atoms with van der Waals surface area (Å²) >= 11 is 0. The number of ether oxygens (including phenoxy) is 1. The number of alkyl halides is 3. The van der Waals surface area contributed by atoms with Gasteiger partial charge in [-0.25, -0.2) is 4.98 Å². The maximum atomic E-state index is 11.9. The van der Waals surface area contributed by atoms with Crippen molar-refractivity contribution in [2.45, 2.75) is 19.6 Å². The molecule has 0 atom stereocenters. The molecule has 0 aliphatic rings. The fraction of sp³-hybridized carbons (Fsp3) is 0.556. The quantitative estimate of drug-likeness (QED) is 0.840. The second-order valence-corrected chi connectivity index (χ2v) is 3.03. The molecule has 0 unspecified atom stereocenters. The van der Waals surface area contributed by atoms with Crippen LogP contribution >= 0.6 is 0 Å². The van der Waals surface area contributed by atoms with E-state index < -0.39 is 12.8 Å². The van der Waals surface area contributed by atoms with Gasteiger partial charge in [0.05, 0.1) is 11.9 Å². The maximum absolute atomic E-state index is 11.9. The van der Waals surface area contributed by atoms with E-state index in [1.54, 1.807) is 0 Å². The zero-order valence-electron chi connectivity index (χ0n) is 8.71. The van der Waals surface area contributed by atoms with Crippen molar-refractivity contribution in [3.63, 3.8) is 0 Å². The molecule has 0 aliphatic heterocycles. The molecule has 0 aromatic carbocycles. The van der Waals surface area contributed by atoms with E-state index in [0.29, 0.717) is 12.2 Å². The first-order valence-electron chi connectivity index (χ1n) is 4.72. The highest BCUT2D eigenvalue weighted by molar-refractivity contribution is 5.08. The predicted octanol–water partition coefficient (Wildman–Crippen LogP) is 1.53. The smallest absolute Gasteiger partial charge is 0.422 e. The Hall–Kier alpha value is -1.37. The van der Waals surface area contributed by atoms with Crippen LogP contribution in [0.4, 0.5) is 13.2 Å². The number of nitrogens with one attached hydrogen (secondary N) is 1. The van der Waals surface area contributed by atoms with Crippen LogP contribution in [-0.4, -0.2) is 29.3 Å². The van der Waals surface area contributed by atoms with Crippen molar-refractivity contribution >= 4 is 0 Å². The van der Waals surface area contributed by atoms with Crippen LogP contribution in [0.15, 0.2) is 12.4 Å². The molecule has 0 saturated heterocycles. The van der Waals surface area contributed by atoms with Crippen LogP contribution in [0.25, 0.3) is 0 Å². The number of hydrogen-bond acceptors (Lipinski definition) is 4. The molecule has 1 aromatic heterocycles. The van der Waals surface area contributed by atoms with Gasteiger partial charge in [0, 0.05) is 12.7 Å². The van der Waals surface area contributed by atoms with Gasteiger partial charge in [0.1, 0.15) is 0 Å². The lowest BCUT2D eigenvalue weighted by Gasteiger charge is -2.08. The normalized spacial score (nSPS) is 11.5. The Morgan fingerprint density at radius 3 is 2.75 bits per heavy atom. The maximum Gasteiger partial charge on any atom is 0.422 e. The Kier molecular flexibility index (Phi) is 4.48. The number of aromatic nitrogens is 2. The summed E-state index contributed by atoms with van der Waals surface area (Å²) in [6, 6.07) is 0. The van der Waals surface area contributed by atoms with Crippen molar-refractivity contribution in [3.8, 4) is 5.88 Å².